The van der Waals surface area contributed by atoms with E-state index in [2.05, 4.69) is 4.98 Å². The summed E-state index contributed by atoms with van der Waals surface area (Å²) in [6.45, 7) is 0. The molecule has 0 spiro atoms. The zero-order valence-electron chi connectivity index (χ0n) is 11.9. The van der Waals surface area contributed by atoms with Gasteiger partial charge in [0.2, 0.25) is 0 Å². The van der Waals surface area contributed by atoms with Gasteiger partial charge in [0.15, 0.2) is 0 Å². The molecule has 106 valence electrons. The van der Waals surface area contributed by atoms with E-state index in [1.807, 2.05) is 60.1 Å². The highest BCUT2D eigenvalue weighted by atomic mass is 16.1. The van der Waals surface area contributed by atoms with Crippen molar-refractivity contribution in [3.63, 3.8) is 0 Å². The van der Waals surface area contributed by atoms with Crippen molar-refractivity contribution in [3.05, 3.63) is 59.9 Å². The fourth-order valence-corrected chi connectivity index (χ4v) is 2.46. The number of ketones is 1. The molecule has 21 heavy (non-hydrogen) atoms. The summed E-state index contributed by atoms with van der Waals surface area (Å²) in [5.74, 6) is 0.954. The molecule has 3 aromatic rings. The summed E-state index contributed by atoms with van der Waals surface area (Å²) in [6, 6.07) is 15.3. The Balaban J connectivity index is 1.77. The van der Waals surface area contributed by atoms with Crippen molar-refractivity contribution in [1.29, 1.82) is 0 Å². The van der Waals surface area contributed by atoms with Gasteiger partial charge >= 0.3 is 0 Å². The van der Waals surface area contributed by atoms with Gasteiger partial charge in [0, 0.05) is 19.2 Å². The molecule has 0 radical (unpaired) electrons. The Labute approximate surface area is 123 Å². The number of carbonyl (C=O) groups is 1. The monoisotopic (exact) mass is 279 g/mol. The minimum Gasteiger partial charge on any atom is -0.399 e. The number of nitrogen functional groups attached to an aromatic ring is 1. The number of hydrogen-bond acceptors (Lipinski definition) is 3. The number of nitrogens with zero attached hydrogens (tertiary/aromatic N) is 2. The van der Waals surface area contributed by atoms with Crippen LogP contribution in [0.15, 0.2) is 48.5 Å². The number of Topliss-reactive ketones (excluding diaryl/α,β-unsaturated/α-hetero) is 1. The lowest BCUT2D eigenvalue weighted by molar-refractivity contribution is -0.117. The van der Waals surface area contributed by atoms with Crippen molar-refractivity contribution in [2.24, 2.45) is 7.05 Å². The Hall–Kier alpha value is -2.62. The highest BCUT2D eigenvalue weighted by molar-refractivity contribution is 5.84. The molecule has 0 aliphatic heterocycles. The number of fused-ring (bicyclic) bond motifs is 1. The Morgan fingerprint density at radius 3 is 2.52 bits per heavy atom. The maximum Gasteiger partial charge on any atom is 0.144 e. The molecule has 0 amide bonds. The first-order chi connectivity index (χ1) is 10.1. The standard InChI is InChI=1S/C17H17N3O/c1-20-16-5-3-2-4-15(16)19-17(20)11-14(21)10-12-6-8-13(18)9-7-12/h2-9H,10-11,18H2,1H3. The van der Waals surface area contributed by atoms with Crippen molar-refractivity contribution >= 4 is 22.5 Å². The topological polar surface area (TPSA) is 60.9 Å². The first kappa shape index (κ1) is 13.4. The van der Waals surface area contributed by atoms with E-state index in [1.165, 1.54) is 0 Å². The molecule has 0 aliphatic carbocycles. The van der Waals surface area contributed by atoms with Gasteiger partial charge in [0.25, 0.3) is 0 Å². The van der Waals surface area contributed by atoms with Gasteiger partial charge in [0.05, 0.1) is 17.5 Å². The number of imidazole rings is 1. The molecule has 0 bridgehead atoms. The van der Waals surface area contributed by atoms with Crippen molar-refractivity contribution in [3.8, 4) is 0 Å². The van der Waals surface area contributed by atoms with Crippen LogP contribution in [0.25, 0.3) is 11.0 Å². The second-order valence-electron chi connectivity index (χ2n) is 5.21. The lowest BCUT2D eigenvalue weighted by Gasteiger charge is -2.03. The van der Waals surface area contributed by atoms with Crippen LogP contribution in [0.2, 0.25) is 0 Å². The molecule has 0 saturated heterocycles. The molecule has 1 aromatic heterocycles. The van der Waals surface area contributed by atoms with Gasteiger partial charge in [-0.15, -0.1) is 0 Å². The zero-order valence-corrected chi connectivity index (χ0v) is 11.9. The number of aromatic nitrogens is 2. The predicted molar refractivity (Wildman–Crippen MR) is 84.0 cm³/mol. The molecular weight excluding hydrogens is 262 g/mol. The number of hydrogen-bond donors (Lipinski definition) is 1. The minimum atomic E-state index is 0.151. The summed E-state index contributed by atoms with van der Waals surface area (Å²) in [4.78, 5) is 16.7. The molecule has 0 fully saturated rings. The second kappa shape index (κ2) is 5.40. The molecule has 1 heterocycles. The average Bonchev–Trinajstić information content (AvgIpc) is 2.78. The van der Waals surface area contributed by atoms with E-state index in [0.29, 0.717) is 18.5 Å². The van der Waals surface area contributed by atoms with Crippen molar-refractivity contribution in [2.45, 2.75) is 12.8 Å². The quantitative estimate of drug-likeness (QED) is 0.746. The van der Waals surface area contributed by atoms with Crippen LogP contribution in [-0.2, 0) is 24.7 Å². The number of nitrogens with two attached hydrogens (primary N) is 1. The van der Waals surface area contributed by atoms with Crippen molar-refractivity contribution in [1.82, 2.24) is 9.55 Å². The fourth-order valence-electron chi connectivity index (χ4n) is 2.46. The minimum absolute atomic E-state index is 0.151. The molecule has 4 nitrogen and oxygen atoms in total. The molecule has 3 rings (SSSR count). The number of rotatable bonds is 4. The van der Waals surface area contributed by atoms with Crippen molar-refractivity contribution < 1.29 is 4.79 Å². The number of aryl methyl sites for hydroxylation is 1. The predicted octanol–water partition coefficient (Wildman–Crippen LogP) is 2.51. The van der Waals surface area contributed by atoms with Crippen LogP contribution in [0.4, 0.5) is 5.69 Å². The first-order valence-electron chi connectivity index (χ1n) is 6.90. The smallest absolute Gasteiger partial charge is 0.144 e. The number of carbonyl (C=O) groups excluding carboxylic acids is 1. The highest BCUT2D eigenvalue weighted by Crippen LogP contribution is 2.15. The lowest BCUT2D eigenvalue weighted by Crippen LogP contribution is -2.10. The van der Waals surface area contributed by atoms with E-state index < -0.39 is 0 Å². The van der Waals surface area contributed by atoms with E-state index in [1.54, 1.807) is 0 Å². The molecule has 0 unspecified atom stereocenters. The van der Waals surface area contributed by atoms with Gasteiger partial charge in [-0.05, 0) is 29.8 Å². The Bertz CT molecular complexity index is 787. The molecule has 0 atom stereocenters. The van der Waals surface area contributed by atoms with Crippen LogP contribution in [0, 0.1) is 0 Å². The van der Waals surface area contributed by atoms with Gasteiger partial charge in [-0.1, -0.05) is 24.3 Å². The van der Waals surface area contributed by atoms with Gasteiger partial charge in [-0.25, -0.2) is 4.98 Å². The highest BCUT2D eigenvalue weighted by Gasteiger charge is 2.12. The van der Waals surface area contributed by atoms with Crippen LogP contribution in [0.5, 0.6) is 0 Å². The van der Waals surface area contributed by atoms with Gasteiger partial charge in [0.1, 0.15) is 11.6 Å². The maximum absolute atomic E-state index is 12.2. The third-order valence-electron chi connectivity index (χ3n) is 3.62. The van der Waals surface area contributed by atoms with E-state index >= 15 is 0 Å². The van der Waals surface area contributed by atoms with Crippen LogP contribution in [0.3, 0.4) is 0 Å². The van der Waals surface area contributed by atoms with Crippen molar-refractivity contribution in [2.75, 3.05) is 5.73 Å². The summed E-state index contributed by atoms with van der Waals surface area (Å²) in [5, 5.41) is 0. The number of anilines is 1. The Morgan fingerprint density at radius 2 is 1.81 bits per heavy atom. The Kier molecular flexibility index (Phi) is 3.44. The van der Waals surface area contributed by atoms with Gasteiger partial charge in [-0.3, -0.25) is 4.79 Å². The van der Waals surface area contributed by atoms with E-state index in [0.717, 1.165) is 22.4 Å². The van der Waals surface area contributed by atoms with Gasteiger partial charge < -0.3 is 10.3 Å². The van der Waals surface area contributed by atoms with Gasteiger partial charge in [-0.2, -0.15) is 0 Å². The van der Waals surface area contributed by atoms with Crippen LogP contribution in [0.1, 0.15) is 11.4 Å². The van der Waals surface area contributed by atoms with Crippen LogP contribution >= 0.6 is 0 Å². The average molecular weight is 279 g/mol. The third-order valence-corrected chi connectivity index (χ3v) is 3.62. The Morgan fingerprint density at radius 1 is 1.10 bits per heavy atom. The maximum atomic E-state index is 12.2. The largest absolute Gasteiger partial charge is 0.399 e. The molecule has 0 aliphatic rings. The van der Waals surface area contributed by atoms with E-state index in [9.17, 15) is 4.79 Å². The summed E-state index contributed by atoms with van der Waals surface area (Å²) >= 11 is 0. The SMILES string of the molecule is Cn1c(CC(=O)Cc2ccc(N)cc2)nc2ccccc21. The van der Waals surface area contributed by atoms with E-state index in [-0.39, 0.29) is 5.78 Å². The molecule has 2 aromatic carbocycles. The lowest BCUT2D eigenvalue weighted by atomic mass is 10.1. The molecule has 2 N–H and O–H groups in total. The molecule has 4 heteroatoms. The van der Waals surface area contributed by atoms with Crippen LogP contribution in [-0.4, -0.2) is 15.3 Å². The first-order valence-corrected chi connectivity index (χ1v) is 6.90. The normalized spacial score (nSPS) is 10.9. The molecule has 0 saturated carbocycles. The summed E-state index contributed by atoms with van der Waals surface area (Å²) in [6.07, 6.45) is 0.749. The summed E-state index contributed by atoms with van der Waals surface area (Å²) in [7, 11) is 1.95. The zero-order chi connectivity index (χ0) is 14.8. The number of para-hydroxylation sites is 2. The molecular formula is C17H17N3O. The number of benzene rings is 2. The summed E-state index contributed by atoms with van der Waals surface area (Å²) < 4.78 is 1.98. The third kappa shape index (κ3) is 2.79. The second-order valence-corrected chi connectivity index (χ2v) is 5.21. The summed E-state index contributed by atoms with van der Waals surface area (Å²) in [5.41, 5.74) is 9.31. The van der Waals surface area contributed by atoms with E-state index in [4.69, 9.17) is 5.73 Å². The fraction of sp³-hybridized carbons (Fsp3) is 0.176. The van der Waals surface area contributed by atoms with Crippen LogP contribution < -0.4 is 5.73 Å².